The number of aromatic nitrogens is 1. The minimum absolute atomic E-state index is 0.00719. The van der Waals surface area contributed by atoms with Gasteiger partial charge in [0.05, 0.1) is 21.8 Å². The first-order valence-electron chi connectivity index (χ1n) is 9.09. The van der Waals surface area contributed by atoms with E-state index in [0.717, 1.165) is 29.2 Å². The molecule has 1 N–H and O–H groups in total. The Balaban J connectivity index is 1.46. The Morgan fingerprint density at radius 1 is 1.31 bits per heavy atom. The van der Waals surface area contributed by atoms with Gasteiger partial charge in [0, 0.05) is 17.0 Å². The summed E-state index contributed by atoms with van der Waals surface area (Å²) < 4.78 is 1.05. The molecule has 0 saturated carbocycles. The van der Waals surface area contributed by atoms with Crippen LogP contribution in [0.5, 0.6) is 0 Å². The van der Waals surface area contributed by atoms with Gasteiger partial charge in [0.15, 0.2) is 0 Å². The summed E-state index contributed by atoms with van der Waals surface area (Å²) >= 11 is 3.34. The average Bonchev–Trinajstić information content (AvgIpc) is 3.34. The van der Waals surface area contributed by atoms with Crippen LogP contribution in [0, 0.1) is 5.92 Å². The highest BCUT2D eigenvalue weighted by molar-refractivity contribution is 7.16. The molecule has 3 heterocycles. The zero-order valence-corrected chi connectivity index (χ0v) is 16.5. The number of benzene rings is 1. The standard InChI is InChI=1S/C20H23N3OS2/c1-14-6-8-23(9-7-14)17(18-3-2-10-25-18)12-21-20(24)15-4-5-16-19(11-15)26-13-22-16/h2-5,10-11,13-14,17H,6-9,12H2,1H3,(H,21,24)/t17-/m0/s1. The van der Waals surface area contributed by atoms with E-state index in [9.17, 15) is 4.79 Å². The lowest BCUT2D eigenvalue weighted by Crippen LogP contribution is -2.41. The van der Waals surface area contributed by atoms with E-state index < -0.39 is 0 Å². The molecule has 0 aliphatic carbocycles. The minimum atomic E-state index is -0.00719. The van der Waals surface area contributed by atoms with Crippen molar-refractivity contribution in [3.05, 3.63) is 51.7 Å². The van der Waals surface area contributed by atoms with Crippen molar-refractivity contribution in [1.82, 2.24) is 15.2 Å². The molecule has 1 fully saturated rings. The fourth-order valence-electron chi connectivity index (χ4n) is 3.52. The van der Waals surface area contributed by atoms with Crippen molar-refractivity contribution in [1.29, 1.82) is 0 Å². The number of thiazole rings is 1. The maximum Gasteiger partial charge on any atom is 0.251 e. The molecule has 4 rings (SSSR count). The topological polar surface area (TPSA) is 45.2 Å². The Kier molecular flexibility index (Phi) is 5.33. The number of nitrogens with one attached hydrogen (secondary N) is 1. The van der Waals surface area contributed by atoms with Crippen LogP contribution in [0.2, 0.25) is 0 Å². The maximum absolute atomic E-state index is 12.7. The summed E-state index contributed by atoms with van der Waals surface area (Å²) in [6, 6.07) is 10.3. The smallest absolute Gasteiger partial charge is 0.251 e. The van der Waals surface area contributed by atoms with Crippen LogP contribution in [0.15, 0.2) is 41.2 Å². The third-order valence-corrected chi connectivity index (χ3v) is 6.95. The Bertz CT molecular complexity index is 866. The largest absolute Gasteiger partial charge is 0.350 e. The summed E-state index contributed by atoms with van der Waals surface area (Å²) in [7, 11) is 0. The first kappa shape index (κ1) is 17.6. The van der Waals surface area contributed by atoms with Gasteiger partial charge in [-0.3, -0.25) is 9.69 Å². The van der Waals surface area contributed by atoms with Gasteiger partial charge in [0.1, 0.15) is 0 Å². The van der Waals surface area contributed by atoms with E-state index >= 15 is 0 Å². The molecule has 1 saturated heterocycles. The molecule has 0 unspecified atom stereocenters. The molecule has 0 bridgehead atoms. The number of hydrogen-bond acceptors (Lipinski definition) is 5. The zero-order chi connectivity index (χ0) is 17.9. The van der Waals surface area contributed by atoms with Gasteiger partial charge in [-0.15, -0.1) is 22.7 Å². The minimum Gasteiger partial charge on any atom is -0.350 e. The van der Waals surface area contributed by atoms with Gasteiger partial charge in [-0.05, 0) is 61.5 Å². The number of thiophene rings is 1. The molecule has 0 spiro atoms. The van der Waals surface area contributed by atoms with E-state index in [0.29, 0.717) is 12.1 Å². The van der Waals surface area contributed by atoms with Crippen molar-refractivity contribution < 1.29 is 4.79 Å². The second kappa shape index (κ2) is 7.86. The normalized spacial score (nSPS) is 17.4. The molecular formula is C20H23N3OS2. The summed E-state index contributed by atoms with van der Waals surface area (Å²) in [4.78, 5) is 20.8. The Morgan fingerprint density at radius 3 is 2.92 bits per heavy atom. The lowest BCUT2D eigenvalue weighted by atomic mass is 9.97. The Labute approximate surface area is 161 Å². The number of hydrogen-bond donors (Lipinski definition) is 1. The van der Waals surface area contributed by atoms with E-state index in [2.05, 4.69) is 39.6 Å². The van der Waals surface area contributed by atoms with Crippen LogP contribution in [0.4, 0.5) is 0 Å². The molecule has 0 radical (unpaired) electrons. The van der Waals surface area contributed by atoms with E-state index in [-0.39, 0.29) is 11.9 Å². The molecule has 136 valence electrons. The molecule has 1 aliphatic heterocycles. The van der Waals surface area contributed by atoms with Crippen LogP contribution in [-0.2, 0) is 0 Å². The number of fused-ring (bicyclic) bond motifs is 1. The van der Waals surface area contributed by atoms with Crippen molar-refractivity contribution in [2.24, 2.45) is 5.92 Å². The second-order valence-corrected chi connectivity index (χ2v) is 8.86. The number of nitrogens with zero attached hydrogens (tertiary/aromatic N) is 2. The van der Waals surface area contributed by atoms with Crippen LogP contribution in [0.3, 0.4) is 0 Å². The molecular weight excluding hydrogens is 362 g/mol. The predicted molar refractivity (Wildman–Crippen MR) is 109 cm³/mol. The Morgan fingerprint density at radius 2 is 2.15 bits per heavy atom. The van der Waals surface area contributed by atoms with Crippen molar-refractivity contribution >= 4 is 38.8 Å². The molecule has 1 aliphatic rings. The molecule has 1 aromatic carbocycles. The first-order valence-corrected chi connectivity index (χ1v) is 10.9. The van der Waals surface area contributed by atoms with Crippen molar-refractivity contribution in [2.45, 2.75) is 25.8 Å². The molecule has 2 aromatic heterocycles. The van der Waals surface area contributed by atoms with Crippen molar-refractivity contribution in [3.8, 4) is 0 Å². The van der Waals surface area contributed by atoms with Gasteiger partial charge in [-0.2, -0.15) is 0 Å². The van der Waals surface area contributed by atoms with E-state index in [1.165, 1.54) is 17.7 Å². The highest BCUT2D eigenvalue weighted by Crippen LogP contribution is 2.29. The molecule has 4 nitrogen and oxygen atoms in total. The SMILES string of the molecule is CC1CCN([C@@H](CNC(=O)c2ccc3ncsc3c2)c2cccs2)CC1. The number of likely N-dealkylation sites (tertiary alicyclic amines) is 1. The predicted octanol–water partition coefficient (Wildman–Crippen LogP) is 4.56. The maximum atomic E-state index is 12.7. The second-order valence-electron chi connectivity index (χ2n) is 6.99. The third kappa shape index (κ3) is 3.82. The molecule has 6 heteroatoms. The number of carbonyl (C=O) groups is 1. The summed E-state index contributed by atoms with van der Waals surface area (Å²) in [6.45, 7) is 5.18. The van der Waals surface area contributed by atoms with Crippen LogP contribution < -0.4 is 5.32 Å². The van der Waals surface area contributed by atoms with Crippen LogP contribution in [0.1, 0.15) is 41.0 Å². The molecule has 26 heavy (non-hydrogen) atoms. The fourth-order valence-corrected chi connectivity index (χ4v) is 5.10. The van der Waals surface area contributed by atoms with E-state index in [1.54, 1.807) is 22.7 Å². The monoisotopic (exact) mass is 385 g/mol. The van der Waals surface area contributed by atoms with Gasteiger partial charge in [-0.25, -0.2) is 4.98 Å². The third-order valence-electron chi connectivity index (χ3n) is 5.18. The fraction of sp³-hybridized carbons (Fsp3) is 0.400. The Hall–Kier alpha value is -1.76. The lowest BCUT2D eigenvalue weighted by Gasteiger charge is -2.36. The van der Waals surface area contributed by atoms with Crippen molar-refractivity contribution in [3.63, 3.8) is 0 Å². The van der Waals surface area contributed by atoms with Gasteiger partial charge < -0.3 is 5.32 Å². The van der Waals surface area contributed by atoms with Crippen LogP contribution in [-0.4, -0.2) is 35.4 Å². The highest BCUT2D eigenvalue weighted by Gasteiger charge is 2.25. The van der Waals surface area contributed by atoms with Gasteiger partial charge in [0.25, 0.3) is 5.91 Å². The number of rotatable bonds is 5. The first-order chi connectivity index (χ1) is 12.7. The van der Waals surface area contributed by atoms with E-state index in [4.69, 9.17) is 0 Å². The molecule has 3 aromatic rings. The average molecular weight is 386 g/mol. The number of amides is 1. The number of carbonyl (C=O) groups excluding carboxylic acids is 1. The zero-order valence-electron chi connectivity index (χ0n) is 14.9. The lowest BCUT2D eigenvalue weighted by molar-refractivity contribution is 0.0915. The summed E-state index contributed by atoms with van der Waals surface area (Å²) in [5, 5.41) is 5.28. The van der Waals surface area contributed by atoms with Gasteiger partial charge in [-0.1, -0.05) is 13.0 Å². The molecule has 1 amide bonds. The van der Waals surface area contributed by atoms with E-state index in [1.807, 2.05) is 23.7 Å². The van der Waals surface area contributed by atoms with Crippen LogP contribution in [0.25, 0.3) is 10.2 Å². The highest BCUT2D eigenvalue weighted by atomic mass is 32.1. The van der Waals surface area contributed by atoms with Gasteiger partial charge in [0.2, 0.25) is 0 Å². The van der Waals surface area contributed by atoms with Crippen LogP contribution >= 0.6 is 22.7 Å². The quantitative estimate of drug-likeness (QED) is 0.700. The summed E-state index contributed by atoms with van der Waals surface area (Å²) in [5.41, 5.74) is 3.47. The summed E-state index contributed by atoms with van der Waals surface area (Å²) in [6.07, 6.45) is 2.47. The summed E-state index contributed by atoms with van der Waals surface area (Å²) in [5.74, 6) is 0.795. The molecule has 1 atom stereocenters. The van der Waals surface area contributed by atoms with Crippen molar-refractivity contribution in [2.75, 3.05) is 19.6 Å². The number of piperidine rings is 1. The van der Waals surface area contributed by atoms with Gasteiger partial charge >= 0.3 is 0 Å².